The van der Waals surface area contributed by atoms with E-state index in [1.165, 1.54) is 0 Å². The third-order valence-corrected chi connectivity index (χ3v) is 5.08. The number of hydrogen-bond donors (Lipinski definition) is 2. The summed E-state index contributed by atoms with van der Waals surface area (Å²) in [4.78, 5) is 26.1. The molecule has 0 fully saturated rings. The number of nitrogens with one attached hydrogen (secondary N) is 2. The fourth-order valence-corrected chi connectivity index (χ4v) is 3.71. The molecule has 0 spiro atoms. The van der Waals surface area contributed by atoms with Crippen LogP contribution < -0.4 is 10.2 Å². The summed E-state index contributed by atoms with van der Waals surface area (Å²) >= 11 is 0. The highest BCUT2D eigenvalue weighted by molar-refractivity contribution is 6.01. The van der Waals surface area contributed by atoms with Gasteiger partial charge in [-0.3, -0.25) is 4.79 Å². The summed E-state index contributed by atoms with van der Waals surface area (Å²) in [5.41, 5.74) is 2.90. The van der Waals surface area contributed by atoms with E-state index < -0.39 is 5.95 Å². The minimum absolute atomic E-state index is 0.171. The topological polar surface area (TPSA) is 73.9 Å². The number of nitrogens with zero attached hydrogens (tertiary/aromatic N) is 3. The molecule has 0 saturated carbocycles. The number of benzene rings is 1. The van der Waals surface area contributed by atoms with Crippen LogP contribution in [0.2, 0.25) is 0 Å². The van der Waals surface area contributed by atoms with Crippen LogP contribution in [0.4, 0.5) is 10.2 Å². The van der Waals surface area contributed by atoms with E-state index in [2.05, 4.69) is 20.2 Å². The molecule has 1 amide bonds. The van der Waals surface area contributed by atoms with Gasteiger partial charge in [0.2, 0.25) is 5.95 Å². The molecule has 5 rings (SSSR count). The Balaban J connectivity index is 1.63. The van der Waals surface area contributed by atoms with E-state index in [0.29, 0.717) is 53.3 Å². The molecule has 0 saturated heterocycles. The zero-order chi connectivity index (χ0) is 19.8. The largest absolute Gasteiger partial charge is 0.350 e. The molecule has 29 heavy (non-hydrogen) atoms. The number of carbonyl (C=O) groups excluding carboxylic acids is 1. The van der Waals surface area contributed by atoms with Crippen molar-refractivity contribution in [2.24, 2.45) is 0 Å². The van der Waals surface area contributed by atoms with Crippen LogP contribution >= 0.6 is 0 Å². The van der Waals surface area contributed by atoms with Gasteiger partial charge in [-0.2, -0.15) is 4.39 Å². The third-order valence-electron chi connectivity index (χ3n) is 5.08. The molecule has 2 N–H and O–H groups in total. The summed E-state index contributed by atoms with van der Waals surface area (Å²) in [6, 6.07) is 17.0. The summed E-state index contributed by atoms with van der Waals surface area (Å²) in [5.74, 6) is -0.103. The van der Waals surface area contributed by atoms with Crippen LogP contribution in [-0.4, -0.2) is 33.9 Å². The third kappa shape index (κ3) is 3.10. The van der Waals surface area contributed by atoms with Crippen molar-refractivity contribution in [2.45, 2.75) is 6.54 Å². The van der Waals surface area contributed by atoms with Crippen LogP contribution in [0.1, 0.15) is 15.9 Å². The van der Waals surface area contributed by atoms with Crippen LogP contribution in [0.15, 0.2) is 60.8 Å². The van der Waals surface area contributed by atoms with Crippen LogP contribution in [-0.2, 0) is 6.54 Å². The van der Waals surface area contributed by atoms with Gasteiger partial charge in [0.05, 0.1) is 16.8 Å². The van der Waals surface area contributed by atoms with E-state index in [0.717, 1.165) is 5.56 Å². The molecule has 0 unspecified atom stereocenters. The van der Waals surface area contributed by atoms with Crippen molar-refractivity contribution < 1.29 is 9.18 Å². The Morgan fingerprint density at radius 2 is 1.93 bits per heavy atom. The minimum atomic E-state index is -0.487. The highest BCUT2D eigenvalue weighted by atomic mass is 19.1. The van der Waals surface area contributed by atoms with Gasteiger partial charge in [0.25, 0.3) is 5.91 Å². The Morgan fingerprint density at radius 1 is 1.07 bits per heavy atom. The molecule has 3 aromatic heterocycles. The molecule has 4 aromatic rings. The number of aromatic amines is 1. The molecule has 0 radical (unpaired) electrons. The van der Waals surface area contributed by atoms with E-state index in [4.69, 9.17) is 4.98 Å². The number of aromatic nitrogens is 3. The van der Waals surface area contributed by atoms with Crippen molar-refractivity contribution in [3.63, 3.8) is 0 Å². The Bertz CT molecular complexity index is 1200. The number of halogens is 1. The summed E-state index contributed by atoms with van der Waals surface area (Å²) in [7, 11) is 0. The fourth-order valence-electron chi connectivity index (χ4n) is 3.71. The Kier molecular flexibility index (Phi) is 4.20. The van der Waals surface area contributed by atoms with Crippen LogP contribution in [0.3, 0.4) is 0 Å². The number of anilines is 1. The number of rotatable bonds is 3. The summed E-state index contributed by atoms with van der Waals surface area (Å²) in [5, 5.41) is 3.56. The maximum absolute atomic E-state index is 14.7. The standard InChI is InChI=1S/C22H18FN5O/c23-19-18(15-7-4-10-24-20(15)27-19)17-9-8-16-21(26-17)28(12-11-25-22(16)29)13-14-5-2-1-3-6-14/h1-10H,11-13H2,(H,24,27)(H,25,29). The van der Waals surface area contributed by atoms with Crippen molar-refractivity contribution in [3.05, 3.63) is 77.9 Å². The Labute approximate surface area is 166 Å². The first-order chi connectivity index (χ1) is 14.2. The lowest BCUT2D eigenvalue weighted by atomic mass is 10.1. The molecule has 0 atom stereocenters. The van der Waals surface area contributed by atoms with Crippen molar-refractivity contribution in [1.82, 2.24) is 20.3 Å². The normalized spacial score (nSPS) is 13.8. The highest BCUT2D eigenvalue weighted by Gasteiger charge is 2.24. The highest BCUT2D eigenvalue weighted by Crippen LogP contribution is 2.32. The van der Waals surface area contributed by atoms with Crippen molar-refractivity contribution in [3.8, 4) is 11.3 Å². The average Bonchev–Trinajstić information content (AvgIpc) is 3.00. The molecule has 6 nitrogen and oxygen atoms in total. The molecule has 1 aliphatic heterocycles. The SMILES string of the molecule is O=C1NCCN(Cc2ccccc2)c2nc(-c3c(F)[nH]c4ncccc34)ccc21. The number of fused-ring (bicyclic) bond motifs is 2. The second kappa shape index (κ2) is 7.01. The zero-order valence-corrected chi connectivity index (χ0v) is 15.5. The minimum Gasteiger partial charge on any atom is -0.350 e. The lowest BCUT2D eigenvalue weighted by Crippen LogP contribution is -2.30. The maximum Gasteiger partial charge on any atom is 0.255 e. The number of pyridine rings is 2. The Hall–Kier alpha value is -3.74. The lowest BCUT2D eigenvalue weighted by Gasteiger charge is -2.23. The van der Waals surface area contributed by atoms with E-state index in [9.17, 15) is 9.18 Å². The number of carbonyl (C=O) groups is 1. The smallest absolute Gasteiger partial charge is 0.255 e. The predicted octanol–water partition coefficient (Wildman–Crippen LogP) is 3.51. The van der Waals surface area contributed by atoms with E-state index in [-0.39, 0.29) is 5.91 Å². The van der Waals surface area contributed by atoms with E-state index in [1.807, 2.05) is 30.3 Å². The van der Waals surface area contributed by atoms with Gasteiger partial charge in [-0.25, -0.2) is 9.97 Å². The van der Waals surface area contributed by atoms with Crippen LogP contribution in [0, 0.1) is 5.95 Å². The molecular formula is C22H18FN5O. The molecule has 7 heteroatoms. The van der Waals surface area contributed by atoms with Crippen LogP contribution in [0.25, 0.3) is 22.3 Å². The number of amides is 1. The molecule has 0 bridgehead atoms. The number of H-pyrrole nitrogens is 1. The van der Waals surface area contributed by atoms with Gasteiger partial charge < -0.3 is 15.2 Å². The summed E-state index contributed by atoms with van der Waals surface area (Å²) < 4.78 is 14.7. The fraction of sp³-hybridized carbons (Fsp3) is 0.136. The van der Waals surface area contributed by atoms with Gasteiger partial charge in [0.1, 0.15) is 11.5 Å². The monoisotopic (exact) mass is 387 g/mol. The van der Waals surface area contributed by atoms with Crippen molar-refractivity contribution in [1.29, 1.82) is 0 Å². The zero-order valence-electron chi connectivity index (χ0n) is 15.5. The molecule has 1 aliphatic rings. The average molecular weight is 387 g/mol. The lowest BCUT2D eigenvalue weighted by molar-refractivity contribution is 0.0958. The first kappa shape index (κ1) is 17.4. The molecular weight excluding hydrogens is 369 g/mol. The Morgan fingerprint density at radius 3 is 2.79 bits per heavy atom. The van der Waals surface area contributed by atoms with Crippen molar-refractivity contribution >= 4 is 22.8 Å². The van der Waals surface area contributed by atoms with Gasteiger partial charge in [0, 0.05) is 31.2 Å². The first-order valence-electron chi connectivity index (χ1n) is 9.41. The molecule has 0 aliphatic carbocycles. The second-order valence-corrected chi connectivity index (χ2v) is 6.94. The van der Waals surface area contributed by atoms with Gasteiger partial charge in [0.15, 0.2) is 0 Å². The van der Waals surface area contributed by atoms with E-state index in [1.54, 1.807) is 30.5 Å². The molecule has 4 heterocycles. The van der Waals surface area contributed by atoms with E-state index >= 15 is 0 Å². The van der Waals surface area contributed by atoms with Gasteiger partial charge >= 0.3 is 0 Å². The van der Waals surface area contributed by atoms with Gasteiger partial charge in [-0.05, 0) is 29.8 Å². The summed E-state index contributed by atoms with van der Waals surface area (Å²) in [6.07, 6.45) is 1.61. The number of hydrogen-bond acceptors (Lipinski definition) is 4. The first-order valence-corrected chi connectivity index (χ1v) is 9.41. The van der Waals surface area contributed by atoms with Gasteiger partial charge in [-0.1, -0.05) is 30.3 Å². The summed E-state index contributed by atoms with van der Waals surface area (Å²) in [6.45, 7) is 1.74. The quantitative estimate of drug-likeness (QED) is 0.564. The molecule has 144 valence electrons. The second-order valence-electron chi connectivity index (χ2n) is 6.94. The van der Waals surface area contributed by atoms with Crippen LogP contribution in [0.5, 0.6) is 0 Å². The predicted molar refractivity (Wildman–Crippen MR) is 109 cm³/mol. The molecule has 1 aromatic carbocycles. The van der Waals surface area contributed by atoms with Crippen molar-refractivity contribution in [2.75, 3.05) is 18.0 Å². The van der Waals surface area contributed by atoms with Gasteiger partial charge in [-0.15, -0.1) is 0 Å². The maximum atomic E-state index is 14.7.